The molecule has 1 atom stereocenters. The molecule has 2 amide bonds. The topological polar surface area (TPSA) is 63.4 Å². The van der Waals surface area contributed by atoms with E-state index in [1.807, 2.05) is 13.8 Å². The van der Waals surface area contributed by atoms with Crippen LogP contribution in [0.4, 0.5) is 0 Å². The molecule has 4 nitrogen and oxygen atoms in total. The monoisotopic (exact) mass is 196 g/mol. The quantitative estimate of drug-likeness (QED) is 0.673. The number of hydrogen-bond acceptors (Lipinski definition) is 3. The predicted molar refractivity (Wildman–Crippen MR) is 53.0 cm³/mol. The molecule has 0 aromatic heterocycles. The van der Waals surface area contributed by atoms with Gasteiger partial charge in [0.05, 0.1) is 5.66 Å². The van der Waals surface area contributed by atoms with Crippen LogP contribution in [0.1, 0.15) is 27.2 Å². The molecule has 0 radical (unpaired) electrons. The van der Waals surface area contributed by atoms with Gasteiger partial charge in [-0.2, -0.15) is 0 Å². The Kier molecular flexibility index (Phi) is 2.76. The SMILES string of the molecule is CC(C)CC(C)(N)N1C(=O)C=CC1=O. The fourth-order valence-corrected chi connectivity index (χ4v) is 1.82. The van der Waals surface area contributed by atoms with Crippen molar-refractivity contribution in [1.29, 1.82) is 0 Å². The highest BCUT2D eigenvalue weighted by molar-refractivity contribution is 6.13. The highest BCUT2D eigenvalue weighted by Gasteiger charge is 2.37. The summed E-state index contributed by atoms with van der Waals surface area (Å²) in [6, 6.07) is 0. The molecule has 14 heavy (non-hydrogen) atoms. The van der Waals surface area contributed by atoms with Gasteiger partial charge in [0.25, 0.3) is 11.8 Å². The Morgan fingerprint density at radius 1 is 1.36 bits per heavy atom. The number of carbonyl (C=O) groups is 2. The molecule has 0 aromatic rings. The van der Waals surface area contributed by atoms with Crippen LogP contribution < -0.4 is 5.73 Å². The van der Waals surface area contributed by atoms with Crippen molar-refractivity contribution < 1.29 is 9.59 Å². The summed E-state index contributed by atoms with van der Waals surface area (Å²) in [5, 5.41) is 0. The Hall–Kier alpha value is -1.16. The van der Waals surface area contributed by atoms with Crippen LogP contribution in [0.2, 0.25) is 0 Å². The van der Waals surface area contributed by atoms with Crippen molar-refractivity contribution in [2.75, 3.05) is 0 Å². The molecule has 0 aliphatic carbocycles. The number of hydrogen-bond donors (Lipinski definition) is 1. The molecule has 2 N–H and O–H groups in total. The van der Waals surface area contributed by atoms with Crippen molar-refractivity contribution >= 4 is 11.8 Å². The molecule has 0 aromatic carbocycles. The lowest BCUT2D eigenvalue weighted by atomic mass is 9.98. The van der Waals surface area contributed by atoms with Gasteiger partial charge in [-0.3, -0.25) is 14.5 Å². The Morgan fingerprint density at radius 3 is 2.14 bits per heavy atom. The average molecular weight is 196 g/mol. The first kappa shape index (κ1) is 10.9. The zero-order chi connectivity index (χ0) is 10.9. The number of rotatable bonds is 3. The molecule has 0 saturated carbocycles. The highest BCUT2D eigenvalue weighted by atomic mass is 16.2. The minimum atomic E-state index is -0.883. The van der Waals surface area contributed by atoms with Gasteiger partial charge < -0.3 is 5.73 Å². The molecule has 1 unspecified atom stereocenters. The third-order valence-electron chi connectivity index (χ3n) is 2.14. The Morgan fingerprint density at radius 2 is 1.79 bits per heavy atom. The maximum Gasteiger partial charge on any atom is 0.255 e. The summed E-state index contributed by atoms with van der Waals surface area (Å²) in [6.07, 6.45) is 3.12. The zero-order valence-electron chi connectivity index (χ0n) is 8.78. The molecule has 0 fully saturated rings. The Balaban J connectivity index is 2.82. The summed E-state index contributed by atoms with van der Waals surface area (Å²) in [6.45, 7) is 5.71. The van der Waals surface area contributed by atoms with Crippen molar-refractivity contribution in [2.24, 2.45) is 11.7 Å². The van der Waals surface area contributed by atoms with E-state index in [9.17, 15) is 9.59 Å². The third kappa shape index (κ3) is 2.01. The first-order valence-electron chi connectivity index (χ1n) is 4.69. The van der Waals surface area contributed by atoms with Gasteiger partial charge in [0.2, 0.25) is 0 Å². The maximum absolute atomic E-state index is 11.4. The van der Waals surface area contributed by atoms with Crippen LogP contribution in [0.3, 0.4) is 0 Å². The number of carbonyl (C=O) groups excluding carboxylic acids is 2. The van der Waals surface area contributed by atoms with Gasteiger partial charge in [0.1, 0.15) is 0 Å². The first-order chi connectivity index (χ1) is 6.34. The van der Waals surface area contributed by atoms with Crippen molar-refractivity contribution in [3.8, 4) is 0 Å². The number of nitrogens with zero attached hydrogens (tertiary/aromatic N) is 1. The second kappa shape index (κ2) is 3.53. The van der Waals surface area contributed by atoms with E-state index in [1.54, 1.807) is 6.92 Å². The molecule has 1 aliphatic heterocycles. The number of amides is 2. The third-order valence-corrected chi connectivity index (χ3v) is 2.14. The van der Waals surface area contributed by atoms with Crippen LogP contribution >= 0.6 is 0 Å². The summed E-state index contributed by atoms with van der Waals surface area (Å²) in [5.41, 5.74) is 5.06. The minimum absolute atomic E-state index is 0.319. The van der Waals surface area contributed by atoms with Crippen molar-refractivity contribution in [1.82, 2.24) is 4.90 Å². The minimum Gasteiger partial charge on any atom is -0.308 e. The van der Waals surface area contributed by atoms with Crippen LogP contribution in [0.5, 0.6) is 0 Å². The molecule has 1 rings (SSSR count). The van der Waals surface area contributed by atoms with Crippen LogP contribution in [-0.2, 0) is 9.59 Å². The van der Waals surface area contributed by atoms with Crippen molar-refractivity contribution in [2.45, 2.75) is 32.9 Å². The second-order valence-electron chi connectivity index (χ2n) is 4.30. The molecular weight excluding hydrogens is 180 g/mol. The zero-order valence-corrected chi connectivity index (χ0v) is 8.78. The predicted octanol–water partition coefficient (Wildman–Crippen LogP) is 0.632. The molecular formula is C10H16N2O2. The standard InChI is InChI=1S/C10H16N2O2/c1-7(2)6-10(3,11)12-8(13)4-5-9(12)14/h4-5,7H,6,11H2,1-3H3. The smallest absolute Gasteiger partial charge is 0.255 e. The van der Waals surface area contributed by atoms with Crippen LogP contribution in [0, 0.1) is 5.92 Å². The molecule has 1 heterocycles. The molecule has 0 bridgehead atoms. The van der Waals surface area contributed by atoms with E-state index >= 15 is 0 Å². The number of imide groups is 1. The van der Waals surface area contributed by atoms with E-state index in [-0.39, 0.29) is 11.8 Å². The van der Waals surface area contributed by atoms with E-state index in [0.29, 0.717) is 12.3 Å². The van der Waals surface area contributed by atoms with Gasteiger partial charge >= 0.3 is 0 Å². The van der Waals surface area contributed by atoms with E-state index in [1.165, 1.54) is 12.2 Å². The summed E-state index contributed by atoms with van der Waals surface area (Å²) in [7, 11) is 0. The first-order valence-corrected chi connectivity index (χ1v) is 4.69. The lowest BCUT2D eigenvalue weighted by molar-refractivity contribution is -0.143. The lowest BCUT2D eigenvalue weighted by Gasteiger charge is -2.34. The van der Waals surface area contributed by atoms with Gasteiger partial charge in [-0.15, -0.1) is 0 Å². The largest absolute Gasteiger partial charge is 0.308 e. The van der Waals surface area contributed by atoms with Crippen LogP contribution in [0.15, 0.2) is 12.2 Å². The molecule has 0 spiro atoms. The fourth-order valence-electron chi connectivity index (χ4n) is 1.82. The molecule has 1 aliphatic rings. The summed E-state index contributed by atoms with van der Waals surface area (Å²) in [5.74, 6) is -0.299. The van der Waals surface area contributed by atoms with Crippen LogP contribution in [0.25, 0.3) is 0 Å². The van der Waals surface area contributed by atoms with Gasteiger partial charge in [0.15, 0.2) is 0 Å². The fraction of sp³-hybridized carbons (Fsp3) is 0.600. The van der Waals surface area contributed by atoms with Gasteiger partial charge in [0, 0.05) is 12.2 Å². The molecule has 4 heteroatoms. The summed E-state index contributed by atoms with van der Waals surface area (Å²) < 4.78 is 0. The Labute approximate surface area is 83.8 Å². The van der Waals surface area contributed by atoms with Crippen molar-refractivity contribution in [3.05, 3.63) is 12.2 Å². The summed E-state index contributed by atoms with van der Waals surface area (Å²) >= 11 is 0. The maximum atomic E-state index is 11.4. The summed E-state index contributed by atoms with van der Waals surface area (Å²) in [4.78, 5) is 23.8. The lowest BCUT2D eigenvalue weighted by Crippen LogP contribution is -2.57. The van der Waals surface area contributed by atoms with Gasteiger partial charge in [-0.1, -0.05) is 13.8 Å². The van der Waals surface area contributed by atoms with E-state index in [2.05, 4.69) is 0 Å². The molecule has 0 saturated heterocycles. The second-order valence-corrected chi connectivity index (χ2v) is 4.30. The average Bonchev–Trinajstić information content (AvgIpc) is 2.27. The van der Waals surface area contributed by atoms with E-state index in [4.69, 9.17) is 5.73 Å². The Bertz CT molecular complexity index is 274. The highest BCUT2D eigenvalue weighted by Crippen LogP contribution is 2.21. The number of nitrogens with two attached hydrogens (primary N) is 1. The van der Waals surface area contributed by atoms with E-state index < -0.39 is 5.66 Å². The van der Waals surface area contributed by atoms with Gasteiger partial charge in [-0.05, 0) is 19.3 Å². The molecule has 78 valence electrons. The van der Waals surface area contributed by atoms with Crippen molar-refractivity contribution in [3.63, 3.8) is 0 Å². The van der Waals surface area contributed by atoms with E-state index in [0.717, 1.165) is 4.90 Å². The van der Waals surface area contributed by atoms with Gasteiger partial charge in [-0.25, -0.2) is 0 Å². The van der Waals surface area contributed by atoms with Crippen LogP contribution in [-0.4, -0.2) is 22.4 Å². The normalized spacial score (nSPS) is 20.8.